The lowest BCUT2D eigenvalue weighted by Crippen LogP contribution is -2.33. The zero-order valence-electron chi connectivity index (χ0n) is 9.20. The third-order valence-electron chi connectivity index (χ3n) is 2.20. The summed E-state index contributed by atoms with van der Waals surface area (Å²) in [4.78, 5) is 9.07. The molecule has 1 aliphatic rings. The van der Waals surface area contributed by atoms with Gasteiger partial charge in [0.05, 0.1) is 12.7 Å². The predicted molar refractivity (Wildman–Crippen MR) is 62.3 cm³/mol. The average Bonchev–Trinajstić information content (AvgIpc) is 2.39. The van der Waals surface area contributed by atoms with E-state index in [4.69, 9.17) is 14.2 Å². The highest BCUT2D eigenvalue weighted by atomic mass is 32.5. The number of hydrogen-bond donors (Lipinski definition) is 4. The Morgan fingerprint density at radius 3 is 2.39 bits per heavy atom. The van der Waals surface area contributed by atoms with Gasteiger partial charge in [0, 0.05) is 8.02 Å². The largest absolute Gasteiger partial charge is 0.486 e. The smallest absolute Gasteiger partial charge is 0.388 e. The fourth-order valence-corrected chi connectivity index (χ4v) is 3.77. The summed E-state index contributed by atoms with van der Waals surface area (Å²) >= 11 is 0. The summed E-state index contributed by atoms with van der Waals surface area (Å²) in [5.41, 5.74) is 0. The topological polar surface area (TPSA) is 143 Å². The zero-order chi connectivity index (χ0) is 14.1. The molecule has 12 heteroatoms. The monoisotopic (exact) mass is 324 g/mol. The Morgan fingerprint density at radius 2 is 2.00 bits per heavy atom. The van der Waals surface area contributed by atoms with Crippen molar-refractivity contribution in [2.45, 2.75) is 31.3 Å². The fraction of sp³-hybridized carbons (Fsp3) is 1.00. The van der Waals surface area contributed by atoms with Crippen molar-refractivity contribution >= 4 is 25.5 Å². The molecule has 0 aromatic carbocycles. The molecule has 0 aromatic heterocycles. The third-order valence-corrected chi connectivity index (χ3v) is 4.91. The molecule has 4 N–H and O–H groups in total. The minimum Gasteiger partial charge on any atom is -0.388 e. The Labute approximate surface area is 106 Å². The van der Waals surface area contributed by atoms with Crippen molar-refractivity contribution in [2.24, 2.45) is 0 Å². The van der Waals surface area contributed by atoms with E-state index >= 15 is 0 Å². The molecule has 6 atom stereocenters. The van der Waals surface area contributed by atoms with Crippen LogP contribution in [0.2, 0.25) is 0 Å². The second-order valence-electron chi connectivity index (χ2n) is 3.67. The van der Waals surface area contributed by atoms with Crippen LogP contribution in [0.25, 0.3) is 0 Å². The molecule has 0 saturated carbocycles. The van der Waals surface area contributed by atoms with Gasteiger partial charge in [-0.15, -0.1) is 0 Å². The summed E-state index contributed by atoms with van der Waals surface area (Å²) in [6.45, 7) is 0.916. The van der Waals surface area contributed by atoms with Gasteiger partial charge in [-0.25, -0.2) is 8.77 Å². The first-order chi connectivity index (χ1) is 8.02. The highest BCUT2D eigenvalue weighted by Crippen LogP contribution is 2.46. The van der Waals surface area contributed by atoms with Crippen molar-refractivity contribution in [1.29, 1.82) is 0 Å². The van der Waals surface area contributed by atoms with Crippen LogP contribution in [-0.4, -0.2) is 54.9 Å². The van der Waals surface area contributed by atoms with Crippen molar-refractivity contribution in [2.75, 3.05) is 6.61 Å². The van der Waals surface area contributed by atoms with E-state index in [1.165, 1.54) is 6.92 Å². The lowest BCUT2D eigenvalue weighted by atomic mass is 10.1. The van der Waals surface area contributed by atoms with Crippen LogP contribution in [0.4, 0.5) is 0 Å². The Bertz CT molecular complexity index is 436. The van der Waals surface area contributed by atoms with Crippen molar-refractivity contribution in [3.05, 3.63) is 0 Å². The van der Waals surface area contributed by atoms with E-state index in [1.807, 2.05) is 0 Å². The molecule has 0 bridgehead atoms. The molecule has 0 aromatic rings. The first kappa shape index (κ1) is 16.5. The quantitative estimate of drug-likeness (QED) is 0.485. The van der Waals surface area contributed by atoms with Gasteiger partial charge in [-0.05, 0) is 6.92 Å². The van der Waals surface area contributed by atoms with Crippen LogP contribution in [0.3, 0.4) is 0 Å². The van der Waals surface area contributed by atoms with Gasteiger partial charge >= 0.3 is 7.82 Å². The Morgan fingerprint density at radius 1 is 1.44 bits per heavy atom. The standard InChI is InChI=1S/C6H14O9P2S/c1-3-5(7)6(8)4(14-3)2-13-17(9,10)15-18(11,12)16/h3-8,16H,2H2,1H3,(H,9,10)(H,11,12). The van der Waals surface area contributed by atoms with E-state index in [1.54, 1.807) is 0 Å². The average molecular weight is 324 g/mol. The lowest BCUT2D eigenvalue weighted by Gasteiger charge is -2.17. The lowest BCUT2D eigenvalue weighted by molar-refractivity contribution is -0.0162. The molecule has 1 aliphatic heterocycles. The summed E-state index contributed by atoms with van der Waals surface area (Å²) in [6.07, 6.45) is -4.13. The summed E-state index contributed by atoms with van der Waals surface area (Å²) in [5.74, 6) is 0. The van der Waals surface area contributed by atoms with Crippen LogP contribution >= 0.6 is 15.8 Å². The van der Waals surface area contributed by atoms with E-state index in [0.29, 0.717) is 0 Å². The van der Waals surface area contributed by atoms with Gasteiger partial charge in [-0.1, -0.05) is 0 Å². The molecule has 18 heavy (non-hydrogen) atoms. The number of phosphoric ester groups is 1. The second kappa shape index (κ2) is 5.80. The van der Waals surface area contributed by atoms with E-state index in [2.05, 4.69) is 16.5 Å². The highest BCUT2D eigenvalue weighted by molar-refractivity contribution is 8.15. The van der Waals surface area contributed by atoms with Gasteiger partial charge in [-0.2, -0.15) is 3.97 Å². The van der Waals surface area contributed by atoms with E-state index in [9.17, 15) is 19.0 Å². The predicted octanol–water partition coefficient (Wildman–Crippen LogP) is -0.641. The van der Waals surface area contributed by atoms with Gasteiger partial charge in [0.2, 0.25) is 9.67 Å². The number of phosphoric acid groups is 1. The minimum atomic E-state index is -4.78. The Hall–Kier alpha value is 0.400. The minimum absolute atomic E-state index is 0.585. The van der Waals surface area contributed by atoms with Crippen LogP contribution in [0, 0.1) is 0 Å². The Balaban J connectivity index is 2.54. The maximum Gasteiger partial charge on any atom is 0.486 e. The number of ether oxygens (including phenoxy) is 1. The molecule has 6 unspecified atom stereocenters. The molecule has 1 saturated heterocycles. The van der Waals surface area contributed by atoms with Crippen LogP contribution < -0.4 is 0 Å². The number of aliphatic hydroxyl groups is 2. The van der Waals surface area contributed by atoms with Gasteiger partial charge < -0.3 is 19.8 Å². The maximum absolute atomic E-state index is 11.2. The number of hydrogen-bond acceptors (Lipinski definition) is 7. The molecule has 0 spiro atoms. The summed E-state index contributed by atoms with van der Waals surface area (Å²) in [6, 6.07) is 0. The van der Waals surface area contributed by atoms with E-state index in [-0.39, 0.29) is 0 Å². The first-order valence-electron chi connectivity index (χ1n) is 4.73. The molecule has 1 rings (SSSR count). The molecule has 108 valence electrons. The SMILES string of the molecule is CC1OC(COP(=O)(O)OS(=O)(O)=P)C(O)C1O. The normalized spacial score (nSPS) is 39.2. The second-order valence-corrected chi connectivity index (χ2v) is 7.96. The van der Waals surface area contributed by atoms with Crippen molar-refractivity contribution in [3.8, 4) is 0 Å². The van der Waals surface area contributed by atoms with Gasteiger partial charge in [0.25, 0.3) is 0 Å². The van der Waals surface area contributed by atoms with Crippen LogP contribution in [0.15, 0.2) is 0 Å². The molecular weight excluding hydrogens is 310 g/mol. The number of aliphatic hydroxyl groups excluding tert-OH is 2. The molecule has 1 heterocycles. The highest BCUT2D eigenvalue weighted by Gasteiger charge is 2.41. The maximum atomic E-state index is 11.2. The van der Waals surface area contributed by atoms with Crippen molar-refractivity contribution in [1.82, 2.24) is 0 Å². The van der Waals surface area contributed by atoms with E-state index in [0.717, 1.165) is 0 Å². The van der Waals surface area contributed by atoms with Gasteiger partial charge in [0.1, 0.15) is 18.3 Å². The number of rotatable bonds is 5. The van der Waals surface area contributed by atoms with Crippen molar-refractivity contribution in [3.63, 3.8) is 0 Å². The van der Waals surface area contributed by atoms with E-state index < -0.39 is 48.5 Å². The zero-order valence-corrected chi connectivity index (χ0v) is 11.9. The summed E-state index contributed by atoms with van der Waals surface area (Å²) in [5, 5.41) is 18.8. The summed E-state index contributed by atoms with van der Waals surface area (Å²) < 4.78 is 43.8. The first-order valence-corrected chi connectivity index (χ1v) is 8.89. The third kappa shape index (κ3) is 4.82. The molecule has 0 amide bonds. The van der Waals surface area contributed by atoms with Crippen LogP contribution in [-0.2, 0) is 27.5 Å². The molecule has 0 radical (unpaired) electrons. The fourth-order valence-electron chi connectivity index (χ4n) is 1.39. The van der Waals surface area contributed by atoms with Crippen molar-refractivity contribution < 1.29 is 41.7 Å². The van der Waals surface area contributed by atoms with Gasteiger partial charge in [-0.3, -0.25) is 9.08 Å². The Kier molecular flexibility index (Phi) is 5.30. The van der Waals surface area contributed by atoms with Gasteiger partial charge in [0.15, 0.2) is 0 Å². The molecular formula is C6H14O9P2S. The summed E-state index contributed by atoms with van der Waals surface area (Å²) in [7, 11) is -6.70. The molecule has 9 nitrogen and oxygen atoms in total. The molecule has 0 aliphatic carbocycles. The van der Waals surface area contributed by atoms with Crippen LogP contribution in [0.1, 0.15) is 6.92 Å². The van der Waals surface area contributed by atoms with Crippen LogP contribution in [0.5, 0.6) is 0 Å². The molecule has 1 fully saturated rings.